The molecule has 1 saturated carbocycles. The lowest BCUT2D eigenvalue weighted by Crippen LogP contribution is -2.23. The lowest BCUT2D eigenvalue weighted by molar-refractivity contribution is -0.112. The van der Waals surface area contributed by atoms with Crippen LogP contribution in [0.2, 0.25) is 0 Å². The van der Waals surface area contributed by atoms with E-state index in [4.69, 9.17) is 0 Å². The fourth-order valence-electron chi connectivity index (χ4n) is 2.38. The van der Waals surface area contributed by atoms with Gasteiger partial charge in [0.2, 0.25) is 0 Å². The molecule has 0 heterocycles. The first kappa shape index (κ1) is 10.3. The van der Waals surface area contributed by atoms with Crippen LogP contribution < -0.4 is 0 Å². The number of hydrogen-bond acceptors (Lipinski definition) is 1. The first-order valence-corrected chi connectivity index (χ1v) is 5.41. The van der Waals surface area contributed by atoms with Gasteiger partial charge >= 0.3 is 0 Å². The highest BCUT2D eigenvalue weighted by atomic mass is 19.1. The van der Waals surface area contributed by atoms with Crippen molar-refractivity contribution in [3.63, 3.8) is 0 Å². The molecule has 0 radical (unpaired) electrons. The van der Waals surface area contributed by atoms with Crippen LogP contribution in [-0.2, 0) is 10.2 Å². The van der Waals surface area contributed by atoms with Crippen LogP contribution in [0.15, 0.2) is 18.2 Å². The molecule has 0 bridgehead atoms. The molecule has 80 valence electrons. The summed E-state index contributed by atoms with van der Waals surface area (Å²) in [5, 5.41) is 0. The molecule has 0 atom stereocenters. The molecule has 1 aromatic rings. The number of carbonyl (C=O) groups is 1. The van der Waals surface area contributed by atoms with E-state index < -0.39 is 5.41 Å². The zero-order valence-corrected chi connectivity index (χ0v) is 8.92. The van der Waals surface area contributed by atoms with Gasteiger partial charge < -0.3 is 4.79 Å². The summed E-state index contributed by atoms with van der Waals surface area (Å²) < 4.78 is 13.4. The third-order valence-electron chi connectivity index (χ3n) is 3.47. The number of halogens is 1. The molecule has 0 amide bonds. The zero-order chi connectivity index (χ0) is 10.9. The minimum atomic E-state index is -0.408. The fourth-order valence-corrected chi connectivity index (χ4v) is 2.38. The Labute approximate surface area is 89.3 Å². The number of aryl methyl sites for hydroxylation is 1. The predicted octanol–water partition coefficient (Wildman–Crippen LogP) is 3.14. The Hall–Kier alpha value is -1.18. The molecule has 1 aliphatic carbocycles. The van der Waals surface area contributed by atoms with Gasteiger partial charge in [0.05, 0.1) is 5.41 Å². The van der Waals surface area contributed by atoms with Gasteiger partial charge in [0.15, 0.2) is 0 Å². The zero-order valence-electron chi connectivity index (χ0n) is 8.92. The van der Waals surface area contributed by atoms with Crippen molar-refractivity contribution in [2.45, 2.75) is 38.0 Å². The van der Waals surface area contributed by atoms with Crippen molar-refractivity contribution < 1.29 is 9.18 Å². The van der Waals surface area contributed by atoms with Gasteiger partial charge in [-0.1, -0.05) is 25.0 Å². The van der Waals surface area contributed by atoms with Gasteiger partial charge in [-0.15, -0.1) is 0 Å². The molecule has 0 unspecified atom stereocenters. The first-order chi connectivity index (χ1) is 7.18. The summed E-state index contributed by atoms with van der Waals surface area (Å²) in [7, 11) is 0. The molecule has 0 aliphatic heterocycles. The van der Waals surface area contributed by atoms with Gasteiger partial charge in [0.1, 0.15) is 12.1 Å². The number of hydrogen-bond donors (Lipinski definition) is 0. The molecule has 1 aliphatic rings. The summed E-state index contributed by atoms with van der Waals surface area (Å²) >= 11 is 0. The van der Waals surface area contributed by atoms with Gasteiger partial charge in [-0.05, 0) is 37.0 Å². The molecule has 0 N–H and O–H groups in total. The number of aldehydes is 1. The monoisotopic (exact) mass is 206 g/mol. The minimum Gasteiger partial charge on any atom is -0.302 e. The first-order valence-electron chi connectivity index (χ1n) is 5.41. The highest BCUT2D eigenvalue weighted by molar-refractivity contribution is 5.69. The summed E-state index contributed by atoms with van der Waals surface area (Å²) in [6, 6.07) is 5.17. The average Bonchev–Trinajstić information content (AvgIpc) is 2.72. The Morgan fingerprint density at radius 1 is 1.33 bits per heavy atom. The maximum Gasteiger partial charge on any atom is 0.130 e. The third-order valence-corrected chi connectivity index (χ3v) is 3.47. The van der Waals surface area contributed by atoms with Crippen LogP contribution >= 0.6 is 0 Å². The quantitative estimate of drug-likeness (QED) is 0.679. The molecule has 15 heavy (non-hydrogen) atoms. The Kier molecular flexibility index (Phi) is 2.59. The molecule has 1 nitrogen and oxygen atoms in total. The van der Waals surface area contributed by atoms with Crippen molar-refractivity contribution in [1.29, 1.82) is 0 Å². The molecular weight excluding hydrogens is 191 g/mol. The topological polar surface area (TPSA) is 17.1 Å². The Balaban J connectivity index is 2.43. The van der Waals surface area contributed by atoms with Crippen LogP contribution in [0.3, 0.4) is 0 Å². The van der Waals surface area contributed by atoms with Crippen LogP contribution in [0.5, 0.6) is 0 Å². The summed E-state index contributed by atoms with van der Waals surface area (Å²) in [5.41, 5.74) is 1.07. The van der Waals surface area contributed by atoms with Crippen LogP contribution in [0, 0.1) is 12.7 Å². The molecule has 1 aromatic carbocycles. The molecule has 1 fully saturated rings. The maximum atomic E-state index is 13.4. The van der Waals surface area contributed by atoms with E-state index in [1.165, 1.54) is 6.07 Å². The molecule has 0 saturated heterocycles. The fraction of sp³-hybridized carbons (Fsp3) is 0.462. The van der Waals surface area contributed by atoms with Gasteiger partial charge in [-0.3, -0.25) is 0 Å². The van der Waals surface area contributed by atoms with E-state index >= 15 is 0 Å². The Morgan fingerprint density at radius 2 is 2.00 bits per heavy atom. The van der Waals surface area contributed by atoms with E-state index in [1.807, 2.05) is 6.07 Å². The summed E-state index contributed by atoms with van der Waals surface area (Å²) in [6.07, 6.45) is 4.85. The lowest BCUT2D eigenvalue weighted by Gasteiger charge is -2.22. The van der Waals surface area contributed by atoms with Gasteiger partial charge in [0, 0.05) is 0 Å². The summed E-state index contributed by atoms with van der Waals surface area (Å²) in [5.74, 6) is -0.208. The molecule has 0 aromatic heterocycles. The standard InChI is InChI=1S/C13H15FO/c1-10-4-5-11(8-12(10)14)13(9-15)6-2-3-7-13/h4-5,8-9H,2-3,6-7H2,1H3. The minimum absolute atomic E-state index is 0.208. The number of carbonyl (C=O) groups excluding carboxylic acids is 1. The van der Waals surface area contributed by atoms with Crippen molar-refractivity contribution in [1.82, 2.24) is 0 Å². The van der Waals surface area contributed by atoms with E-state index in [9.17, 15) is 9.18 Å². The van der Waals surface area contributed by atoms with E-state index in [-0.39, 0.29) is 5.82 Å². The Bertz CT molecular complexity index is 378. The second kappa shape index (κ2) is 3.76. The number of rotatable bonds is 2. The normalized spacial score (nSPS) is 19.1. The van der Waals surface area contributed by atoms with Crippen molar-refractivity contribution in [2.24, 2.45) is 0 Å². The van der Waals surface area contributed by atoms with Crippen molar-refractivity contribution in [2.75, 3.05) is 0 Å². The summed E-state index contributed by atoms with van der Waals surface area (Å²) in [6.45, 7) is 1.74. The smallest absolute Gasteiger partial charge is 0.130 e. The molecule has 2 rings (SSSR count). The molecular formula is C13H15FO. The Morgan fingerprint density at radius 3 is 2.53 bits per heavy atom. The second-order valence-electron chi connectivity index (χ2n) is 4.45. The molecule has 2 heteroatoms. The maximum absolute atomic E-state index is 13.4. The second-order valence-corrected chi connectivity index (χ2v) is 4.45. The van der Waals surface area contributed by atoms with Crippen molar-refractivity contribution >= 4 is 6.29 Å². The van der Waals surface area contributed by atoms with E-state index in [0.717, 1.165) is 37.5 Å². The van der Waals surface area contributed by atoms with Crippen molar-refractivity contribution in [3.05, 3.63) is 35.1 Å². The lowest BCUT2D eigenvalue weighted by atomic mass is 9.80. The van der Waals surface area contributed by atoms with E-state index in [2.05, 4.69) is 0 Å². The SMILES string of the molecule is Cc1ccc(C2(C=O)CCCC2)cc1F. The third kappa shape index (κ3) is 1.69. The largest absolute Gasteiger partial charge is 0.302 e. The average molecular weight is 206 g/mol. The number of benzene rings is 1. The van der Waals surface area contributed by atoms with Crippen LogP contribution in [0.4, 0.5) is 4.39 Å². The van der Waals surface area contributed by atoms with Crippen LogP contribution in [0.1, 0.15) is 36.8 Å². The molecule has 0 spiro atoms. The highest BCUT2D eigenvalue weighted by Gasteiger charge is 2.35. The van der Waals surface area contributed by atoms with E-state index in [0.29, 0.717) is 5.56 Å². The van der Waals surface area contributed by atoms with E-state index in [1.54, 1.807) is 13.0 Å². The van der Waals surface area contributed by atoms with Crippen LogP contribution in [-0.4, -0.2) is 6.29 Å². The van der Waals surface area contributed by atoms with Crippen molar-refractivity contribution in [3.8, 4) is 0 Å². The summed E-state index contributed by atoms with van der Waals surface area (Å²) in [4.78, 5) is 11.2. The predicted molar refractivity (Wildman–Crippen MR) is 57.3 cm³/mol. The van der Waals surface area contributed by atoms with Gasteiger partial charge in [0.25, 0.3) is 0 Å². The van der Waals surface area contributed by atoms with Gasteiger partial charge in [-0.2, -0.15) is 0 Å². The highest BCUT2D eigenvalue weighted by Crippen LogP contribution is 2.39. The van der Waals surface area contributed by atoms with Gasteiger partial charge in [-0.25, -0.2) is 4.39 Å². The van der Waals surface area contributed by atoms with Crippen LogP contribution in [0.25, 0.3) is 0 Å².